The largest absolute Gasteiger partial charge is 0.465 e. The Morgan fingerprint density at radius 1 is 1.31 bits per heavy atom. The van der Waals surface area contributed by atoms with E-state index in [0.717, 1.165) is 0 Å². The summed E-state index contributed by atoms with van der Waals surface area (Å²) in [6.45, 7) is 9.61. The summed E-state index contributed by atoms with van der Waals surface area (Å²) in [5.74, 6) is -0.326. The number of aryl methyl sites for hydroxylation is 1. The first-order valence-electron chi connectivity index (χ1n) is 8.53. The molecule has 0 unspecified atom stereocenters. The Morgan fingerprint density at radius 3 is 2.62 bits per heavy atom. The molecule has 9 nitrogen and oxygen atoms in total. The van der Waals surface area contributed by atoms with Gasteiger partial charge in [0.2, 0.25) is 5.91 Å². The van der Waals surface area contributed by atoms with Crippen LogP contribution in [0.3, 0.4) is 0 Å². The molecule has 0 fully saturated rings. The highest BCUT2D eigenvalue weighted by Crippen LogP contribution is 2.18. The van der Waals surface area contributed by atoms with E-state index in [1.807, 2.05) is 20.8 Å². The van der Waals surface area contributed by atoms with Gasteiger partial charge < -0.3 is 10.1 Å². The van der Waals surface area contributed by atoms with Gasteiger partial charge in [0.25, 0.3) is 5.56 Å². The molecule has 0 saturated heterocycles. The Hall–Kier alpha value is -2.71. The van der Waals surface area contributed by atoms with Crippen LogP contribution in [0.25, 0.3) is 11.0 Å². The average molecular weight is 363 g/mol. The summed E-state index contributed by atoms with van der Waals surface area (Å²) in [6, 6.07) is 0. The molecule has 0 aliphatic heterocycles. The maximum atomic E-state index is 12.7. The molecule has 1 N–H and O–H groups in total. The van der Waals surface area contributed by atoms with Gasteiger partial charge in [-0.05, 0) is 34.6 Å². The molecule has 0 bridgehead atoms. The highest BCUT2D eigenvalue weighted by Gasteiger charge is 2.21. The monoisotopic (exact) mass is 363 g/mol. The van der Waals surface area contributed by atoms with Crippen molar-refractivity contribution in [3.63, 3.8) is 0 Å². The number of carbonyl (C=O) groups excluding carboxylic acids is 2. The van der Waals surface area contributed by atoms with Crippen molar-refractivity contribution in [2.75, 3.05) is 13.2 Å². The summed E-state index contributed by atoms with van der Waals surface area (Å²) in [5, 5.41) is 7.17. The quantitative estimate of drug-likeness (QED) is 0.758. The van der Waals surface area contributed by atoms with E-state index in [9.17, 15) is 14.4 Å². The minimum absolute atomic E-state index is 0.0563. The lowest BCUT2D eigenvalue weighted by Gasteiger charge is -2.20. The van der Waals surface area contributed by atoms with E-state index in [4.69, 9.17) is 4.74 Å². The van der Waals surface area contributed by atoms with Crippen LogP contribution in [0.2, 0.25) is 0 Å². The van der Waals surface area contributed by atoms with Gasteiger partial charge >= 0.3 is 5.97 Å². The number of nitrogens with zero attached hydrogens (tertiary/aromatic N) is 4. The van der Waals surface area contributed by atoms with Gasteiger partial charge in [-0.3, -0.25) is 19.0 Å². The van der Waals surface area contributed by atoms with E-state index < -0.39 is 5.97 Å². The van der Waals surface area contributed by atoms with Gasteiger partial charge in [0.05, 0.1) is 18.3 Å². The summed E-state index contributed by atoms with van der Waals surface area (Å²) in [4.78, 5) is 40.3. The number of amides is 1. The fraction of sp³-hybridized carbons (Fsp3) is 0.588. The van der Waals surface area contributed by atoms with Crippen molar-refractivity contribution in [2.45, 2.75) is 53.1 Å². The lowest BCUT2D eigenvalue weighted by Crippen LogP contribution is -2.33. The minimum Gasteiger partial charge on any atom is -0.465 e. The zero-order chi connectivity index (χ0) is 19.5. The molecule has 26 heavy (non-hydrogen) atoms. The van der Waals surface area contributed by atoms with Crippen LogP contribution in [0, 0.1) is 6.92 Å². The van der Waals surface area contributed by atoms with E-state index >= 15 is 0 Å². The Balaban J connectivity index is 2.15. The molecule has 1 amide bonds. The molecule has 9 heteroatoms. The molecular weight excluding hydrogens is 338 g/mol. The van der Waals surface area contributed by atoms with Crippen molar-refractivity contribution in [2.24, 2.45) is 0 Å². The van der Waals surface area contributed by atoms with Gasteiger partial charge in [0.1, 0.15) is 17.8 Å². The van der Waals surface area contributed by atoms with Gasteiger partial charge in [-0.2, -0.15) is 5.10 Å². The van der Waals surface area contributed by atoms with Gasteiger partial charge in [-0.25, -0.2) is 9.67 Å². The molecule has 2 rings (SSSR count). The summed E-state index contributed by atoms with van der Waals surface area (Å²) in [6.07, 6.45) is 1.56. The highest BCUT2D eigenvalue weighted by atomic mass is 16.5. The molecule has 2 aromatic heterocycles. The predicted octanol–water partition coefficient (Wildman–Crippen LogP) is 0.726. The normalized spacial score (nSPS) is 11.6. The fourth-order valence-corrected chi connectivity index (χ4v) is 2.55. The number of ether oxygens (including phenoxy) is 1. The first kappa shape index (κ1) is 19.6. The number of rotatable bonds is 6. The minimum atomic E-state index is -0.494. The first-order chi connectivity index (χ1) is 12.1. The lowest BCUT2D eigenvalue weighted by molar-refractivity contribution is -0.143. The number of hydrogen-bond donors (Lipinski definition) is 1. The van der Waals surface area contributed by atoms with Crippen molar-refractivity contribution < 1.29 is 14.3 Å². The third kappa shape index (κ3) is 4.27. The van der Waals surface area contributed by atoms with Crippen molar-refractivity contribution in [1.29, 1.82) is 0 Å². The summed E-state index contributed by atoms with van der Waals surface area (Å²) in [5.41, 5.74) is -0.00325. The number of aromatic nitrogens is 4. The van der Waals surface area contributed by atoms with Crippen LogP contribution in [-0.2, 0) is 26.4 Å². The second kappa shape index (κ2) is 7.67. The zero-order valence-electron chi connectivity index (χ0n) is 15.8. The van der Waals surface area contributed by atoms with Crippen molar-refractivity contribution >= 4 is 22.9 Å². The molecule has 0 spiro atoms. The molecule has 2 heterocycles. The van der Waals surface area contributed by atoms with E-state index in [2.05, 4.69) is 15.4 Å². The zero-order valence-corrected chi connectivity index (χ0v) is 15.8. The molecule has 0 aliphatic rings. The second-order valence-corrected chi connectivity index (χ2v) is 6.91. The van der Waals surface area contributed by atoms with E-state index in [1.54, 1.807) is 18.5 Å². The number of nitrogens with one attached hydrogen (secondary N) is 1. The van der Waals surface area contributed by atoms with Crippen LogP contribution in [0.1, 0.15) is 39.9 Å². The molecule has 0 aliphatic carbocycles. The van der Waals surface area contributed by atoms with Crippen LogP contribution < -0.4 is 10.9 Å². The number of hydrogen-bond acceptors (Lipinski definition) is 6. The van der Waals surface area contributed by atoms with Crippen LogP contribution in [-0.4, -0.2) is 44.4 Å². The van der Waals surface area contributed by atoms with Crippen LogP contribution in [0.4, 0.5) is 0 Å². The maximum Gasteiger partial charge on any atom is 0.325 e. The predicted molar refractivity (Wildman–Crippen MR) is 95.8 cm³/mol. The van der Waals surface area contributed by atoms with Gasteiger partial charge in [0.15, 0.2) is 5.65 Å². The smallest absolute Gasteiger partial charge is 0.325 e. The third-order valence-corrected chi connectivity index (χ3v) is 3.81. The van der Waals surface area contributed by atoms with Gasteiger partial charge in [-0.1, -0.05) is 0 Å². The second-order valence-electron chi connectivity index (χ2n) is 6.91. The van der Waals surface area contributed by atoms with Crippen molar-refractivity contribution in [3.05, 3.63) is 22.4 Å². The Labute approximate surface area is 151 Å². The topological polar surface area (TPSA) is 108 Å². The summed E-state index contributed by atoms with van der Waals surface area (Å²) >= 11 is 0. The number of fused-ring (bicyclic) bond motifs is 1. The van der Waals surface area contributed by atoms with Crippen LogP contribution in [0.5, 0.6) is 0 Å². The SMILES string of the molecule is CCOC(=O)CNC(=O)CCn1c(C)nc2c(cnn2C(C)(C)C)c1=O. The lowest BCUT2D eigenvalue weighted by atomic mass is 10.1. The third-order valence-electron chi connectivity index (χ3n) is 3.81. The molecular formula is C17H25N5O4. The van der Waals surface area contributed by atoms with Crippen LogP contribution >= 0.6 is 0 Å². The van der Waals surface area contributed by atoms with E-state index in [0.29, 0.717) is 16.9 Å². The van der Waals surface area contributed by atoms with Gasteiger partial charge in [0, 0.05) is 13.0 Å². The molecule has 2 aromatic rings. The number of esters is 1. The summed E-state index contributed by atoms with van der Waals surface area (Å²) < 4.78 is 7.90. The van der Waals surface area contributed by atoms with E-state index in [1.165, 1.54) is 10.8 Å². The Morgan fingerprint density at radius 2 is 2.00 bits per heavy atom. The molecule has 142 valence electrons. The molecule has 0 aromatic carbocycles. The Bertz CT molecular complexity index is 876. The number of carbonyl (C=O) groups is 2. The summed E-state index contributed by atoms with van der Waals surface area (Å²) in [7, 11) is 0. The van der Waals surface area contributed by atoms with E-state index in [-0.39, 0.29) is 43.1 Å². The molecule has 0 atom stereocenters. The fourth-order valence-electron chi connectivity index (χ4n) is 2.55. The molecule has 0 radical (unpaired) electrons. The van der Waals surface area contributed by atoms with Crippen molar-refractivity contribution in [1.82, 2.24) is 24.6 Å². The highest BCUT2D eigenvalue weighted by molar-refractivity contribution is 5.81. The van der Waals surface area contributed by atoms with Gasteiger partial charge in [-0.15, -0.1) is 0 Å². The first-order valence-corrected chi connectivity index (χ1v) is 8.53. The van der Waals surface area contributed by atoms with Crippen molar-refractivity contribution in [3.8, 4) is 0 Å². The maximum absolute atomic E-state index is 12.7. The molecule has 0 saturated carbocycles. The average Bonchev–Trinajstić information content (AvgIpc) is 2.97. The Kier molecular flexibility index (Phi) is 5.79. The van der Waals surface area contributed by atoms with Crippen LogP contribution in [0.15, 0.2) is 11.0 Å². The standard InChI is InChI=1S/C17H25N5O4/c1-6-26-14(24)10-18-13(23)7-8-21-11(2)20-15-12(16(21)25)9-19-22(15)17(3,4)5/h9H,6-8,10H2,1-5H3,(H,18,23).